The van der Waals surface area contributed by atoms with Gasteiger partial charge in [0.15, 0.2) is 11.5 Å². The number of ether oxygens (including phenoxy) is 2. The van der Waals surface area contributed by atoms with E-state index in [1.807, 2.05) is 6.07 Å². The number of hydrogen-bond donors (Lipinski definition) is 1. The lowest BCUT2D eigenvalue weighted by atomic mass is 10.1. The van der Waals surface area contributed by atoms with E-state index in [4.69, 9.17) is 21.1 Å². The highest BCUT2D eigenvalue weighted by atomic mass is 35.5. The van der Waals surface area contributed by atoms with Crippen LogP contribution in [0.5, 0.6) is 11.5 Å². The van der Waals surface area contributed by atoms with E-state index < -0.39 is 0 Å². The highest BCUT2D eigenvalue weighted by molar-refractivity contribution is 6.33. The fourth-order valence-corrected chi connectivity index (χ4v) is 1.72. The van der Waals surface area contributed by atoms with Crippen LogP contribution in [-0.2, 0) is 11.2 Å². The Labute approximate surface area is 99.5 Å². The molecule has 0 spiro atoms. The van der Waals surface area contributed by atoms with Crippen LogP contribution in [0.25, 0.3) is 0 Å². The molecule has 0 fully saturated rings. The summed E-state index contributed by atoms with van der Waals surface area (Å²) in [5.74, 6) is 1.12. The van der Waals surface area contributed by atoms with E-state index in [0.717, 1.165) is 5.56 Å². The SMILES string of the molecule is COc1ccc(CCNC=O)c(Cl)c1OC. The van der Waals surface area contributed by atoms with Crippen molar-refractivity contribution < 1.29 is 14.3 Å². The molecule has 0 radical (unpaired) electrons. The standard InChI is InChI=1S/C11H14ClNO3/c1-15-9-4-3-8(5-6-13-7-14)10(12)11(9)16-2/h3-4,7H,5-6H2,1-2H3,(H,13,14). The normalized spacial score (nSPS) is 9.69. The Hall–Kier alpha value is -1.42. The fraction of sp³-hybridized carbons (Fsp3) is 0.364. The third-order valence-corrected chi connectivity index (χ3v) is 2.60. The van der Waals surface area contributed by atoms with Crippen molar-refractivity contribution in [2.75, 3.05) is 20.8 Å². The van der Waals surface area contributed by atoms with Gasteiger partial charge in [-0.2, -0.15) is 0 Å². The first-order valence-corrected chi connectivity index (χ1v) is 5.18. The smallest absolute Gasteiger partial charge is 0.207 e. The molecule has 5 heteroatoms. The molecule has 1 N–H and O–H groups in total. The largest absolute Gasteiger partial charge is 0.493 e. The molecule has 0 unspecified atom stereocenters. The van der Waals surface area contributed by atoms with E-state index in [2.05, 4.69) is 5.32 Å². The number of carbonyl (C=O) groups excluding carboxylic acids is 1. The van der Waals surface area contributed by atoms with Crippen LogP contribution in [0.2, 0.25) is 5.02 Å². The third-order valence-electron chi connectivity index (χ3n) is 2.19. The Morgan fingerprint density at radius 1 is 1.38 bits per heavy atom. The fourth-order valence-electron chi connectivity index (χ4n) is 1.39. The molecule has 0 aliphatic carbocycles. The molecule has 0 aromatic heterocycles. The van der Waals surface area contributed by atoms with Gasteiger partial charge in [-0.15, -0.1) is 0 Å². The lowest BCUT2D eigenvalue weighted by Gasteiger charge is -2.12. The van der Waals surface area contributed by atoms with Gasteiger partial charge in [0.25, 0.3) is 0 Å². The van der Waals surface area contributed by atoms with Crippen LogP contribution >= 0.6 is 11.6 Å². The number of carbonyl (C=O) groups is 1. The second-order valence-electron chi connectivity index (χ2n) is 3.10. The van der Waals surface area contributed by atoms with Crippen molar-refractivity contribution in [3.63, 3.8) is 0 Å². The zero-order valence-electron chi connectivity index (χ0n) is 9.25. The lowest BCUT2D eigenvalue weighted by molar-refractivity contribution is -0.109. The highest BCUT2D eigenvalue weighted by Crippen LogP contribution is 2.37. The molecular weight excluding hydrogens is 230 g/mol. The molecule has 16 heavy (non-hydrogen) atoms. The van der Waals surface area contributed by atoms with Crippen molar-refractivity contribution >= 4 is 18.0 Å². The van der Waals surface area contributed by atoms with Gasteiger partial charge in [0.1, 0.15) is 0 Å². The van der Waals surface area contributed by atoms with E-state index in [1.54, 1.807) is 13.2 Å². The van der Waals surface area contributed by atoms with Crippen LogP contribution in [0.3, 0.4) is 0 Å². The van der Waals surface area contributed by atoms with Crippen molar-refractivity contribution in [3.8, 4) is 11.5 Å². The summed E-state index contributed by atoms with van der Waals surface area (Å²) in [7, 11) is 3.10. The predicted molar refractivity (Wildman–Crippen MR) is 62.3 cm³/mol. The van der Waals surface area contributed by atoms with Gasteiger partial charge in [0.2, 0.25) is 6.41 Å². The van der Waals surface area contributed by atoms with Crippen LogP contribution in [0.15, 0.2) is 12.1 Å². The monoisotopic (exact) mass is 243 g/mol. The molecule has 1 rings (SSSR count). The molecule has 0 heterocycles. The molecule has 0 bridgehead atoms. The molecule has 1 aromatic rings. The Morgan fingerprint density at radius 2 is 2.12 bits per heavy atom. The van der Waals surface area contributed by atoms with Crippen LogP contribution in [-0.4, -0.2) is 27.2 Å². The van der Waals surface area contributed by atoms with Crippen molar-refractivity contribution in [2.45, 2.75) is 6.42 Å². The molecular formula is C11H14ClNO3. The van der Waals surface area contributed by atoms with Gasteiger partial charge >= 0.3 is 0 Å². The maximum atomic E-state index is 10.1. The van der Waals surface area contributed by atoms with Gasteiger partial charge in [-0.1, -0.05) is 17.7 Å². The van der Waals surface area contributed by atoms with Gasteiger partial charge in [-0.3, -0.25) is 4.79 Å². The number of hydrogen-bond acceptors (Lipinski definition) is 3. The Bertz CT molecular complexity index is 368. The molecule has 0 atom stereocenters. The minimum absolute atomic E-state index is 0.521. The Morgan fingerprint density at radius 3 is 2.69 bits per heavy atom. The summed E-state index contributed by atoms with van der Waals surface area (Å²) in [4.78, 5) is 10.1. The van der Waals surface area contributed by atoms with Crippen LogP contribution < -0.4 is 14.8 Å². The number of methoxy groups -OCH3 is 2. The van der Waals surface area contributed by atoms with Crippen molar-refractivity contribution in [2.24, 2.45) is 0 Å². The molecule has 0 aliphatic rings. The highest BCUT2D eigenvalue weighted by Gasteiger charge is 2.12. The summed E-state index contributed by atoms with van der Waals surface area (Å²) >= 11 is 6.15. The van der Waals surface area contributed by atoms with Crippen LogP contribution in [0.4, 0.5) is 0 Å². The number of benzene rings is 1. The van der Waals surface area contributed by atoms with Gasteiger partial charge < -0.3 is 14.8 Å². The second kappa shape index (κ2) is 6.23. The predicted octanol–water partition coefficient (Wildman–Crippen LogP) is 1.65. The number of halogens is 1. The maximum Gasteiger partial charge on any atom is 0.207 e. The van der Waals surface area contributed by atoms with E-state index in [0.29, 0.717) is 35.9 Å². The average molecular weight is 244 g/mol. The summed E-state index contributed by atoms with van der Waals surface area (Å²) in [5, 5.41) is 3.10. The van der Waals surface area contributed by atoms with Crippen molar-refractivity contribution in [1.82, 2.24) is 5.32 Å². The average Bonchev–Trinajstić information content (AvgIpc) is 2.31. The van der Waals surface area contributed by atoms with Gasteiger partial charge in [-0.05, 0) is 18.1 Å². The summed E-state index contributed by atoms with van der Waals surface area (Å²) < 4.78 is 10.3. The van der Waals surface area contributed by atoms with Crippen molar-refractivity contribution in [1.29, 1.82) is 0 Å². The van der Waals surface area contributed by atoms with E-state index >= 15 is 0 Å². The topological polar surface area (TPSA) is 47.6 Å². The first-order valence-electron chi connectivity index (χ1n) is 4.81. The van der Waals surface area contributed by atoms with Crippen LogP contribution in [0, 0.1) is 0 Å². The Kier molecular flexibility index (Phi) is 4.92. The third kappa shape index (κ3) is 2.79. The minimum Gasteiger partial charge on any atom is -0.493 e. The maximum absolute atomic E-state index is 10.1. The molecule has 0 aliphatic heterocycles. The summed E-state index contributed by atoms with van der Waals surface area (Å²) in [6, 6.07) is 3.65. The first kappa shape index (κ1) is 12.6. The first-order chi connectivity index (χ1) is 7.74. The van der Waals surface area contributed by atoms with Crippen molar-refractivity contribution in [3.05, 3.63) is 22.7 Å². The lowest BCUT2D eigenvalue weighted by Crippen LogP contribution is -2.14. The summed E-state index contributed by atoms with van der Waals surface area (Å²) in [6.07, 6.45) is 1.31. The number of nitrogens with one attached hydrogen (secondary N) is 1. The molecule has 88 valence electrons. The minimum atomic E-state index is 0.521. The molecule has 1 aromatic carbocycles. The van der Waals surface area contributed by atoms with E-state index in [-0.39, 0.29) is 0 Å². The molecule has 0 saturated carbocycles. The van der Waals surface area contributed by atoms with Gasteiger partial charge in [0, 0.05) is 6.54 Å². The molecule has 1 amide bonds. The number of amides is 1. The summed E-state index contributed by atoms with van der Waals surface area (Å²) in [5.41, 5.74) is 0.911. The van der Waals surface area contributed by atoms with Crippen LogP contribution in [0.1, 0.15) is 5.56 Å². The molecule has 0 saturated heterocycles. The van der Waals surface area contributed by atoms with Gasteiger partial charge in [-0.25, -0.2) is 0 Å². The number of rotatable bonds is 6. The van der Waals surface area contributed by atoms with E-state index in [9.17, 15) is 4.79 Å². The zero-order valence-corrected chi connectivity index (χ0v) is 10.0. The summed E-state index contributed by atoms with van der Waals surface area (Å²) in [6.45, 7) is 0.540. The molecule has 4 nitrogen and oxygen atoms in total. The van der Waals surface area contributed by atoms with E-state index in [1.165, 1.54) is 7.11 Å². The zero-order chi connectivity index (χ0) is 12.0. The Balaban J connectivity index is 2.90. The van der Waals surface area contributed by atoms with Gasteiger partial charge in [0.05, 0.1) is 19.2 Å². The quantitative estimate of drug-likeness (QED) is 0.611. The second-order valence-corrected chi connectivity index (χ2v) is 3.47.